The highest BCUT2D eigenvalue weighted by molar-refractivity contribution is 5.11. The van der Waals surface area contributed by atoms with Gasteiger partial charge in [-0.3, -0.25) is 0 Å². The molecule has 0 aromatic heterocycles. The molecule has 0 fully saturated rings. The Morgan fingerprint density at radius 3 is 1.90 bits per heavy atom. The fourth-order valence-electron chi connectivity index (χ4n) is 1.23. The average Bonchev–Trinajstić information content (AvgIpc) is 2.36. The number of aryl methyl sites for hydroxylation is 1. The third kappa shape index (κ3) is 9.96. The first-order valence-corrected chi connectivity index (χ1v) is 7.17. The summed E-state index contributed by atoms with van der Waals surface area (Å²) in [5.41, 5.74) is 1.45. The van der Waals surface area contributed by atoms with Crippen LogP contribution in [0, 0.1) is 6.92 Å². The summed E-state index contributed by atoms with van der Waals surface area (Å²) in [6.45, 7) is 9.03. The molecular weight excluding hydrogens is 248 g/mol. The fourth-order valence-corrected chi connectivity index (χ4v) is 1.23. The largest absolute Gasteiger partial charge is 0.378 e. The standard InChI is InChI=1S/C10H24N2O.C7H8/c1-10(2,12(5)6)9-13-8-7-11(3)4;1-7-5-3-2-4-6-7/h7-9H2,1-6H3;2-6H,1H3. The van der Waals surface area contributed by atoms with E-state index >= 15 is 0 Å². The molecule has 0 heterocycles. The molecular formula is C17H32N2O. The van der Waals surface area contributed by atoms with Crippen molar-refractivity contribution >= 4 is 0 Å². The van der Waals surface area contributed by atoms with Crippen molar-refractivity contribution in [3.8, 4) is 0 Å². The molecule has 0 aliphatic rings. The van der Waals surface area contributed by atoms with Crippen molar-refractivity contribution in [3.05, 3.63) is 35.9 Å². The summed E-state index contributed by atoms with van der Waals surface area (Å²) in [5.74, 6) is 0. The lowest BCUT2D eigenvalue weighted by molar-refractivity contribution is 0.0306. The van der Waals surface area contributed by atoms with E-state index in [2.05, 4.69) is 70.9 Å². The van der Waals surface area contributed by atoms with Gasteiger partial charge in [0.25, 0.3) is 0 Å². The maximum Gasteiger partial charge on any atom is 0.0645 e. The van der Waals surface area contributed by atoms with Gasteiger partial charge in [0.05, 0.1) is 13.2 Å². The van der Waals surface area contributed by atoms with Gasteiger partial charge in [0.2, 0.25) is 0 Å². The van der Waals surface area contributed by atoms with Crippen LogP contribution in [0.5, 0.6) is 0 Å². The fraction of sp³-hybridized carbons (Fsp3) is 0.647. The van der Waals surface area contributed by atoms with Crippen LogP contribution in [0.1, 0.15) is 19.4 Å². The quantitative estimate of drug-likeness (QED) is 0.745. The highest BCUT2D eigenvalue weighted by Gasteiger charge is 2.20. The summed E-state index contributed by atoms with van der Waals surface area (Å²) in [6, 6.07) is 10.3. The molecule has 0 radical (unpaired) electrons. The molecule has 0 N–H and O–H groups in total. The maximum atomic E-state index is 5.59. The van der Waals surface area contributed by atoms with Crippen molar-refractivity contribution in [1.82, 2.24) is 9.80 Å². The smallest absolute Gasteiger partial charge is 0.0645 e. The van der Waals surface area contributed by atoms with Crippen LogP contribution in [-0.4, -0.2) is 63.3 Å². The Morgan fingerprint density at radius 2 is 1.55 bits per heavy atom. The lowest BCUT2D eigenvalue weighted by atomic mass is 10.1. The molecule has 0 saturated carbocycles. The summed E-state index contributed by atoms with van der Waals surface area (Å²) in [7, 11) is 8.27. The Morgan fingerprint density at radius 1 is 1.00 bits per heavy atom. The average molecular weight is 280 g/mol. The van der Waals surface area contributed by atoms with Crippen LogP contribution in [0.4, 0.5) is 0 Å². The van der Waals surface area contributed by atoms with Gasteiger partial charge >= 0.3 is 0 Å². The van der Waals surface area contributed by atoms with Gasteiger partial charge in [0.1, 0.15) is 0 Å². The predicted molar refractivity (Wildman–Crippen MR) is 88.3 cm³/mol. The summed E-state index contributed by atoms with van der Waals surface area (Å²) >= 11 is 0. The number of rotatable bonds is 6. The van der Waals surface area contributed by atoms with Gasteiger partial charge in [-0.1, -0.05) is 35.9 Å². The van der Waals surface area contributed by atoms with Gasteiger partial charge in [-0.25, -0.2) is 0 Å². The highest BCUT2D eigenvalue weighted by atomic mass is 16.5. The van der Waals surface area contributed by atoms with Crippen LogP contribution >= 0.6 is 0 Å². The second-order valence-corrected chi connectivity index (χ2v) is 6.22. The molecule has 3 heteroatoms. The molecule has 3 nitrogen and oxygen atoms in total. The van der Waals surface area contributed by atoms with Crippen molar-refractivity contribution in [2.75, 3.05) is 47.9 Å². The topological polar surface area (TPSA) is 15.7 Å². The summed E-state index contributed by atoms with van der Waals surface area (Å²) in [4.78, 5) is 4.31. The zero-order valence-electron chi connectivity index (χ0n) is 14.3. The minimum Gasteiger partial charge on any atom is -0.378 e. The first-order valence-electron chi connectivity index (χ1n) is 7.17. The number of ether oxygens (including phenoxy) is 1. The van der Waals surface area contributed by atoms with E-state index in [-0.39, 0.29) is 5.54 Å². The third-order valence-corrected chi connectivity index (χ3v) is 3.29. The van der Waals surface area contributed by atoms with Crippen molar-refractivity contribution in [1.29, 1.82) is 0 Å². The van der Waals surface area contributed by atoms with Gasteiger partial charge in [-0.2, -0.15) is 0 Å². The van der Waals surface area contributed by atoms with Crippen molar-refractivity contribution in [2.24, 2.45) is 0 Å². The van der Waals surface area contributed by atoms with E-state index in [0.29, 0.717) is 0 Å². The van der Waals surface area contributed by atoms with Crippen molar-refractivity contribution in [2.45, 2.75) is 26.3 Å². The number of likely N-dealkylation sites (N-methyl/N-ethyl adjacent to an activating group) is 2. The second-order valence-electron chi connectivity index (χ2n) is 6.22. The van der Waals surface area contributed by atoms with E-state index in [4.69, 9.17) is 4.74 Å². The van der Waals surface area contributed by atoms with E-state index in [1.54, 1.807) is 0 Å². The number of hydrogen-bond donors (Lipinski definition) is 0. The molecule has 0 amide bonds. The Hall–Kier alpha value is -0.900. The number of benzene rings is 1. The van der Waals surface area contributed by atoms with Crippen LogP contribution in [-0.2, 0) is 4.74 Å². The first-order chi connectivity index (χ1) is 9.25. The molecule has 116 valence electrons. The second kappa shape index (κ2) is 9.92. The van der Waals surface area contributed by atoms with Gasteiger partial charge in [-0.05, 0) is 49.0 Å². The monoisotopic (exact) mass is 280 g/mol. The molecule has 20 heavy (non-hydrogen) atoms. The lowest BCUT2D eigenvalue weighted by Gasteiger charge is -2.32. The normalized spacial score (nSPS) is 11.4. The molecule has 0 spiro atoms. The van der Waals surface area contributed by atoms with Crippen LogP contribution in [0.2, 0.25) is 0 Å². The number of nitrogens with zero attached hydrogens (tertiary/aromatic N) is 2. The van der Waals surface area contributed by atoms with Crippen LogP contribution in [0.25, 0.3) is 0 Å². The molecule has 0 saturated heterocycles. The van der Waals surface area contributed by atoms with E-state index in [1.165, 1.54) is 5.56 Å². The van der Waals surface area contributed by atoms with Gasteiger partial charge in [-0.15, -0.1) is 0 Å². The molecule has 0 unspecified atom stereocenters. The lowest BCUT2D eigenvalue weighted by Crippen LogP contribution is -2.42. The molecule has 0 bridgehead atoms. The van der Waals surface area contributed by atoms with E-state index in [9.17, 15) is 0 Å². The van der Waals surface area contributed by atoms with E-state index in [1.807, 2.05) is 18.2 Å². The SMILES string of the molecule is CN(C)CCOCC(C)(C)N(C)C.Cc1ccccc1. The molecule has 1 rings (SSSR count). The zero-order valence-corrected chi connectivity index (χ0v) is 14.3. The Kier molecular flexibility index (Phi) is 9.47. The Balaban J connectivity index is 0.000000428. The summed E-state index contributed by atoms with van der Waals surface area (Å²) < 4.78 is 5.59. The number of hydrogen-bond acceptors (Lipinski definition) is 3. The van der Waals surface area contributed by atoms with Crippen LogP contribution < -0.4 is 0 Å². The Labute approximate surface area is 125 Å². The first kappa shape index (κ1) is 19.1. The molecule has 0 atom stereocenters. The van der Waals surface area contributed by atoms with Gasteiger partial charge < -0.3 is 14.5 Å². The minimum absolute atomic E-state index is 0.131. The van der Waals surface area contributed by atoms with Crippen LogP contribution in [0.3, 0.4) is 0 Å². The Bertz CT molecular complexity index is 334. The van der Waals surface area contributed by atoms with Crippen molar-refractivity contribution < 1.29 is 4.74 Å². The zero-order chi connectivity index (χ0) is 15.6. The van der Waals surface area contributed by atoms with Crippen molar-refractivity contribution in [3.63, 3.8) is 0 Å². The third-order valence-electron chi connectivity index (χ3n) is 3.29. The molecule has 1 aromatic rings. The van der Waals surface area contributed by atoms with E-state index < -0.39 is 0 Å². The van der Waals surface area contributed by atoms with Gasteiger partial charge in [0, 0.05) is 12.1 Å². The molecule has 1 aromatic carbocycles. The predicted octanol–water partition coefficient (Wildman–Crippen LogP) is 2.90. The van der Waals surface area contributed by atoms with Crippen LogP contribution in [0.15, 0.2) is 30.3 Å². The molecule has 0 aliphatic heterocycles. The van der Waals surface area contributed by atoms with Gasteiger partial charge in [0.15, 0.2) is 0 Å². The summed E-state index contributed by atoms with van der Waals surface area (Å²) in [5, 5.41) is 0. The van der Waals surface area contributed by atoms with E-state index in [0.717, 1.165) is 19.8 Å². The minimum atomic E-state index is 0.131. The maximum absolute atomic E-state index is 5.59. The summed E-state index contributed by atoms with van der Waals surface area (Å²) in [6.07, 6.45) is 0. The highest BCUT2D eigenvalue weighted by Crippen LogP contribution is 2.09. The molecule has 0 aliphatic carbocycles.